The van der Waals surface area contributed by atoms with Crippen molar-refractivity contribution in [2.24, 2.45) is 17.8 Å². The fourth-order valence-corrected chi connectivity index (χ4v) is 5.99. The van der Waals surface area contributed by atoms with Crippen LogP contribution in [0.1, 0.15) is 46.5 Å². The van der Waals surface area contributed by atoms with Crippen molar-refractivity contribution >= 4 is 5.91 Å². The Kier molecular flexibility index (Phi) is 3.77. The fraction of sp³-hybridized carbons (Fsp3) is 0.947. The maximum absolute atomic E-state index is 13.5. The summed E-state index contributed by atoms with van der Waals surface area (Å²) in [5.74, 6) is -0.0765. The van der Waals surface area contributed by atoms with Crippen molar-refractivity contribution in [2.45, 2.75) is 69.7 Å². The number of morpholine rings is 1. The zero-order chi connectivity index (χ0) is 18.2. The third kappa shape index (κ3) is 2.15. The van der Waals surface area contributed by atoms with E-state index >= 15 is 0 Å². The van der Waals surface area contributed by atoms with Crippen LogP contribution < -0.4 is 0 Å². The van der Waals surface area contributed by atoms with Gasteiger partial charge in [0.25, 0.3) is 5.91 Å². The predicted molar refractivity (Wildman–Crippen MR) is 89.7 cm³/mol. The molecule has 5 heterocycles. The molecule has 1 aliphatic carbocycles. The zero-order valence-electron chi connectivity index (χ0n) is 15.9. The quantitative estimate of drug-likeness (QED) is 0.659. The predicted octanol–water partition coefficient (Wildman–Crippen LogP) is 1.85. The van der Waals surface area contributed by atoms with Crippen LogP contribution in [-0.2, 0) is 28.8 Å². The van der Waals surface area contributed by atoms with Gasteiger partial charge in [-0.05, 0) is 44.9 Å². The van der Waals surface area contributed by atoms with E-state index in [1.807, 2.05) is 18.7 Å². The van der Waals surface area contributed by atoms with E-state index in [4.69, 9.17) is 24.0 Å². The SMILES string of the molecule is C[C@@H]1CC[C@@H]2[C@]34OO[C@@](C)(CCC13)O[C@H]4O[C@]2(C)C(=O)N1CCOCC1. The van der Waals surface area contributed by atoms with Crippen LogP contribution in [0.3, 0.4) is 0 Å². The molecule has 146 valence electrons. The van der Waals surface area contributed by atoms with Crippen LogP contribution in [0.4, 0.5) is 0 Å². The molecule has 7 atom stereocenters. The van der Waals surface area contributed by atoms with Crippen molar-refractivity contribution in [3.05, 3.63) is 0 Å². The van der Waals surface area contributed by atoms with Gasteiger partial charge in [0.2, 0.25) is 5.79 Å². The summed E-state index contributed by atoms with van der Waals surface area (Å²) in [4.78, 5) is 27.2. The van der Waals surface area contributed by atoms with E-state index in [-0.39, 0.29) is 17.7 Å². The third-order valence-electron chi connectivity index (χ3n) is 7.46. The average molecular weight is 367 g/mol. The second-order valence-electron chi connectivity index (χ2n) is 8.99. The maximum Gasteiger partial charge on any atom is 0.255 e. The second-order valence-corrected chi connectivity index (χ2v) is 8.99. The Morgan fingerprint density at radius 1 is 1.04 bits per heavy atom. The summed E-state index contributed by atoms with van der Waals surface area (Å²) < 4.78 is 18.1. The van der Waals surface area contributed by atoms with Gasteiger partial charge in [-0.1, -0.05) is 6.92 Å². The lowest BCUT2D eigenvalue weighted by Gasteiger charge is -2.50. The molecule has 6 rings (SSSR count). The molecule has 7 nitrogen and oxygen atoms in total. The normalized spacial score (nSPS) is 53.3. The number of carbonyl (C=O) groups is 1. The molecule has 6 aliphatic rings. The van der Waals surface area contributed by atoms with Crippen molar-refractivity contribution in [3.63, 3.8) is 0 Å². The molecule has 0 aromatic heterocycles. The van der Waals surface area contributed by atoms with Crippen LogP contribution in [0.15, 0.2) is 0 Å². The first kappa shape index (κ1) is 17.4. The van der Waals surface area contributed by atoms with Gasteiger partial charge in [0.1, 0.15) is 0 Å². The van der Waals surface area contributed by atoms with Crippen LogP contribution in [0.2, 0.25) is 0 Å². The summed E-state index contributed by atoms with van der Waals surface area (Å²) in [5.41, 5.74) is -1.64. The molecule has 2 bridgehead atoms. The molecule has 1 spiro atoms. The molecule has 1 saturated carbocycles. The number of rotatable bonds is 1. The van der Waals surface area contributed by atoms with Crippen molar-refractivity contribution in [2.75, 3.05) is 26.3 Å². The Labute approximate surface area is 154 Å². The van der Waals surface area contributed by atoms with Gasteiger partial charge in [-0.2, -0.15) is 0 Å². The van der Waals surface area contributed by atoms with E-state index in [2.05, 4.69) is 6.92 Å². The average Bonchev–Trinajstić information content (AvgIpc) is 2.73. The van der Waals surface area contributed by atoms with Gasteiger partial charge < -0.3 is 19.1 Å². The van der Waals surface area contributed by atoms with Crippen LogP contribution in [-0.4, -0.2) is 60.4 Å². The molecule has 0 N–H and O–H groups in total. The van der Waals surface area contributed by atoms with E-state index in [0.717, 1.165) is 25.7 Å². The molecule has 5 saturated heterocycles. The van der Waals surface area contributed by atoms with Crippen LogP contribution in [0.5, 0.6) is 0 Å². The zero-order valence-corrected chi connectivity index (χ0v) is 15.9. The van der Waals surface area contributed by atoms with Crippen molar-refractivity contribution < 1.29 is 28.8 Å². The van der Waals surface area contributed by atoms with Gasteiger partial charge in [0.05, 0.1) is 13.2 Å². The highest BCUT2D eigenvalue weighted by Gasteiger charge is 2.75. The molecule has 0 radical (unpaired) electrons. The third-order valence-corrected chi connectivity index (χ3v) is 7.46. The summed E-state index contributed by atoms with van der Waals surface area (Å²) in [6.07, 6.45) is 3.14. The molecule has 26 heavy (non-hydrogen) atoms. The summed E-state index contributed by atoms with van der Waals surface area (Å²) >= 11 is 0. The summed E-state index contributed by atoms with van der Waals surface area (Å²) in [6, 6.07) is 0. The van der Waals surface area contributed by atoms with E-state index in [0.29, 0.717) is 32.2 Å². The Morgan fingerprint density at radius 3 is 2.58 bits per heavy atom. The molecular formula is C19H29NO6. The number of carbonyl (C=O) groups excluding carboxylic acids is 1. The molecule has 6 fully saturated rings. The molecule has 7 heteroatoms. The number of fused-ring (bicyclic) bond motifs is 2. The second kappa shape index (κ2) is 5.64. The minimum absolute atomic E-state index is 0.0300. The minimum atomic E-state index is -0.952. The van der Waals surface area contributed by atoms with Gasteiger partial charge in [-0.3, -0.25) is 4.79 Å². The Bertz CT molecular complexity index is 609. The van der Waals surface area contributed by atoms with Crippen molar-refractivity contribution in [1.29, 1.82) is 0 Å². The van der Waals surface area contributed by atoms with Crippen LogP contribution >= 0.6 is 0 Å². The largest absolute Gasteiger partial charge is 0.378 e. The van der Waals surface area contributed by atoms with Gasteiger partial charge >= 0.3 is 0 Å². The van der Waals surface area contributed by atoms with E-state index < -0.39 is 23.3 Å². The van der Waals surface area contributed by atoms with Gasteiger partial charge in [-0.15, -0.1) is 0 Å². The molecular weight excluding hydrogens is 338 g/mol. The highest BCUT2D eigenvalue weighted by molar-refractivity contribution is 5.86. The topological polar surface area (TPSA) is 66.5 Å². The monoisotopic (exact) mass is 367 g/mol. The van der Waals surface area contributed by atoms with E-state index in [1.54, 1.807) is 0 Å². The summed E-state index contributed by atoms with van der Waals surface area (Å²) in [6.45, 7) is 8.48. The Morgan fingerprint density at radius 2 is 1.81 bits per heavy atom. The maximum atomic E-state index is 13.5. The van der Waals surface area contributed by atoms with Crippen LogP contribution in [0.25, 0.3) is 0 Å². The lowest BCUT2D eigenvalue weighted by atomic mass is 9.59. The Balaban J connectivity index is 1.54. The number of hydrogen-bond donors (Lipinski definition) is 0. The van der Waals surface area contributed by atoms with Crippen molar-refractivity contribution in [1.82, 2.24) is 4.90 Å². The van der Waals surface area contributed by atoms with Crippen molar-refractivity contribution in [3.8, 4) is 0 Å². The molecule has 0 aromatic rings. The lowest BCUT2D eigenvalue weighted by molar-refractivity contribution is -0.541. The standard InChI is InChI=1S/C19H29NO6/c1-12-4-5-14-18(3,15(21)20-8-10-22-11-9-20)24-16-19(14)13(12)6-7-17(2,23-16)25-26-19/h12-14,16H,4-11H2,1-3H3/t12-,13?,14+,16+,17+,18+,19-/m1/s1. The highest BCUT2D eigenvalue weighted by atomic mass is 17.3. The number of hydrogen-bond acceptors (Lipinski definition) is 6. The molecule has 1 amide bonds. The first-order valence-corrected chi connectivity index (χ1v) is 9.99. The first-order chi connectivity index (χ1) is 12.4. The first-order valence-electron chi connectivity index (χ1n) is 9.99. The molecule has 1 unspecified atom stereocenters. The highest BCUT2D eigenvalue weighted by Crippen LogP contribution is 2.63. The Hall–Kier alpha value is -0.730. The fourth-order valence-electron chi connectivity index (χ4n) is 5.99. The minimum Gasteiger partial charge on any atom is -0.378 e. The van der Waals surface area contributed by atoms with Gasteiger partial charge in [0.15, 0.2) is 17.5 Å². The van der Waals surface area contributed by atoms with E-state index in [1.165, 1.54) is 0 Å². The molecule has 0 aromatic carbocycles. The number of amides is 1. The molecule has 5 aliphatic heterocycles. The summed E-state index contributed by atoms with van der Waals surface area (Å²) in [5, 5.41) is 0. The lowest BCUT2D eigenvalue weighted by Crippen LogP contribution is -2.63. The van der Waals surface area contributed by atoms with Gasteiger partial charge in [-0.25, -0.2) is 9.78 Å². The number of nitrogens with zero attached hydrogens (tertiary/aromatic N) is 1. The van der Waals surface area contributed by atoms with Gasteiger partial charge in [0, 0.05) is 25.4 Å². The van der Waals surface area contributed by atoms with E-state index in [9.17, 15) is 4.79 Å². The van der Waals surface area contributed by atoms with Crippen LogP contribution in [0, 0.1) is 17.8 Å². The smallest absolute Gasteiger partial charge is 0.255 e. The summed E-state index contributed by atoms with van der Waals surface area (Å²) in [7, 11) is 0. The number of ether oxygens (including phenoxy) is 3.